The van der Waals surface area contributed by atoms with Gasteiger partial charge >= 0.3 is 16.5 Å². The molecular formula is C20H23N7O10P2+2. The normalized spacial score (nSPS) is 33.7. The van der Waals surface area contributed by atoms with Crippen molar-refractivity contribution >= 4 is 33.6 Å². The molecule has 3 aromatic rings. The van der Waals surface area contributed by atoms with Gasteiger partial charge in [0.1, 0.15) is 44.0 Å². The van der Waals surface area contributed by atoms with Crippen molar-refractivity contribution in [2.75, 3.05) is 18.9 Å². The fraction of sp³-hybridized carbons (Fsp3) is 0.550. The zero-order chi connectivity index (χ0) is 27.1. The van der Waals surface area contributed by atoms with Gasteiger partial charge in [-0.25, -0.2) is 15.0 Å². The standard InChI is InChI=1S/C20H22N7O10P2/c21-20-25-17-14(18(29)26-20)24-8-27(17)19-16-15(28)12(35-19)6-33-38(30)36-11-4-10(34-13-1-2-22-7-23-13)3-9(11)5-32-39(31)37-16/h1-2,7-12,15-16,19,28H,3-6H2,(H2-,21,25,26,29)/q+1/p+1/t9-,10-,11+,12-,15-,16-,19-/m1/s1. The van der Waals surface area contributed by atoms with E-state index in [9.17, 15) is 19.0 Å². The molecule has 0 aromatic carbocycles. The molecule has 19 heteroatoms. The monoisotopic (exact) mass is 583 g/mol. The van der Waals surface area contributed by atoms with Crippen molar-refractivity contribution in [3.05, 3.63) is 35.3 Å². The highest BCUT2D eigenvalue weighted by Crippen LogP contribution is 2.44. The summed E-state index contributed by atoms with van der Waals surface area (Å²) in [6.07, 6.45) is -0.839. The van der Waals surface area contributed by atoms with E-state index < -0.39 is 52.7 Å². The number of nitrogens with zero attached hydrogens (tertiary/aromatic N) is 5. The molecule has 1 saturated carbocycles. The van der Waals surface area contributed by atoms with Crippen molar-refractivity contribution in [2.24, 2.45) is 5.92 Å². The van der Waals surface area contributed by atoms with Crippen LogP contribution in [0.3, 0.4) is 0 Å². The molecule has 0 spiro atoms. The summed E-state index contributed by atoms with van der Waals surface area (Å²) < 4.78 is 60.8. The molecule has 206 valence electrons. The molecule has 1 aliphatic carbocycles. The first kappa shape index (κ1) is 26.2. The molecule has 3 aliphatic rings. The van der Waals surface area contributed by atoms with Gasteiger partial charge in [-0.2, -0.15) is 4.98 Å². The number of nitrogen functional groups attached to an aromatic ring is 1. The van der Waals surface area contributed by atoms with Gasteiger partial charge in [0, 0.05) is 33.7 Å². The minimum Gasteiger partial charge on any atom is -0.474 e. The Balaban J connectivity index is 1.22. The van der Waals surface area contributed by atoms with Gasteiger partial charge in [0.05, 0.1) is 6.33 Å². The second-order valence-corrected chi connectivity index (χ2v) is 10.9. The SMILES string of the molecule is Nc1nc2c(ncn2[C@@H]2O[C@@H]3CO[P+](=O)O[C@H]4C[C@H](Oc5ccncn5)C[C@@H]4CO[P+](=O)O[C@@H]2[C@@H]3O)c(=O)[nH]1. The van der Waals surface area contributed by atoms with E-state index in [1.54, 1.807) is 12.3 Å². The average molecular weight is 583 g/mol. The van der Waals surface area contributed by atoms with Crippen LogP contribution in [-0.2, 0) is 32.0 Å². The fourth-order valence-electron chi connectivity index (χ4n) is 4.84. The van der Waals surface area contributed by atoms with E-state index in [1.165, 1.54) is 17.2 Å². The predicted molar refractivity (Wildman–Crippen MR) is 129 cm³/mol. The molecular weight excluding hydrogens is 560 g/mol. The summed E-state index contributed by atoms with van der Waals surface area (Å²) in [6.45, 7) is -0.419. The van der Waals surface area contributed by atoms with Gasteiger partial charge in [-0.3, -0.25) is 14.3 Å². The molecule has 6 rings (SSSR count). The zero-order valence-corrected chi connectivity index (χ0v) is 21.8. The molecule has 4 N–H and O–H groups in total. The lowest BCUT2D eigenvalue weighted by molar-refractivity contribution is -0.0481. The van der Waals surface area contributed by atoms with E-state index >= 15 is 0 Å². The largest absolute Gasteiger partial charge is 0.697 e. The number of aliphatic hydroxyl groups excluding tert-OH is 1. The van der Waals surface area contributed by atoms with Crippen molar-refractivity contribution in [1.82, 2.24) is 29.5 Å². The van der Waals surface area contributed by atoms with Crippen LogP contribution in [-0.4, -0.2) is 78.3 Å². The van der Waals surface area contributed by atoms with Crippen molar-refractivity contribution in [1.29, 1.82) is 0 Å². The molecule has 0 radical (unpaired) electrons. The highest BCUT2D eigenvalue weighted by atomic mass is 31.1. The van der Waals surface area contributed by atoms with Gasteiger partial charge in [0.25, 0.3) is 5.56 Å². The number of hydrogen-bond donors (Lipinski definition) is 3. The quantitative estimate of drug-likeness (QED) is 0.361. The lowest BCUT2D eigenvalue weighted by Crippen LogP contribution is -2.34. The smallest absolute Gasteiger partial charge is 0.474 e. The molecule has 3 aromatic heterocycles. The van der Waals surface area contributed by atoms with Crippen molar-refractivity contribution in [3.8, 4) is 5.88 Å². The van der Waals surface area contributed by atoms with Crippen LogP contribution in [0.25, 0.3) is 11.2 Å². The lowest BCUT2D eigenvalue weighted by atomic mass is 10.1. The van der Waals surface area contributed by atoms with Crippen LogP contribution in [0.5, 0.6) is 5.88 Å². The van der Waals surface area contributed by atoms with E-state index in [0.717, 1.165) is 0 Å². The Labute approximate surface area is 220 Å². The van der Waals surface area contributed by atoms with Crippen molar-refractivity contribution in [3.63, 3.8) is 0 Å². The maximum Gasteiger partial charge on any atom is 0.697 e. The van der Waals surface area contributed by atoms with Crippen LogP contribution < -0.4 is 16.0 Å². The zero-order valence-electron chi connectivity index (χ0n) is 20.0. The van der Waals surface area contributed by atoms with Crippen LogP contribution >= 0.6 is 16.5 Å². The number of H-pyrrole nitrogens is 1. The summed E-state index contributed by atoms with van der Waals surface area (Å²) in [6, 6.07) is 1.61. The summed E-state index contributed by atoms with van der Waals surface area (Å²) in [7, 11) is -5.39. The summed E-state index contributed by atoms with van der Waals surface area (Å²) in [5.41, 5.74) is 5.13. The molecule has 17 nitrogen and oxygen atoms in total. The molecule has 0 amide bonds. The molecule has 2 saturated heterocycles. The van der Waals surface area contributed by atoms with Gasteiger partial charge in [0.2, 0.25) is 11.8 Å². The average Bonchev–Trinajstić information content (AvgIpc) is 3.58. The number of imidazole rings is 1. The second-order valence-electron chi connectivity index (χ2n) is 9.10. The number of nitrogens with one attached hydrogen (secondary N) is 1. The van der Waals surface area contributed by atoms with Gasteiger partial charge in [-0.15, -0.1) is 18.1 Å². The number of hydrogen-bond acceptors (Lipinski definition) is 15. The van der Waals surface area contributed by atoms with Gasteiger partial charge < -0.3 is 20.3 Å². The number of anilines is 1. The molecule has 9 atom stereocenters. The van der Waals surface area contributed by atoms with Crippen LogP contribution in [0.4, 0.5) is 5.95 Å². The highest BCUT2D eigenvalue weighted by molar-refractivity contribution is 7.33. The van der Waals surface area contributed by atoms with Crippen LogP contribution in [0.1, 0.15) is 19.1 Å². The second kappa shape index (κ2) is 10.9. The fourth-order valence-corrected chi connectivity index (χ4v) is 6.45. The molecule has 3 fully saturated rings. The first-order valence-corrected chi connectivity index (χ1v) is 14.1. The Hall–Kier alpha value is -3.01. The first-order valence-electron chi connectivity index (χ1n) is 11.9. The van der Waals surface area contributed by atoms with Crippen molar-refractivity contribution < 1.29 is 41.8 Å². The third-order valence-corrected chi connectivity index (χ3v) is 8.21. The Kier molecular flexibility index (Phi) is 7.31. The third-order valence-electron chi connectivity index (χ3n) is 6.63. The Bertz CT molecular complexity index is 1440. The minimum absolute atomic E-state index is 0.0294. The maximum absolute atomic E-state index is 12.9. The van der Waals surface area contributed by atoms with Gasteiger partial charge in [-0.1, -0.05) is 0 Å². The Morgan fingerprint density at radius 3 is 2.77 bits per heavy atom. The predicted octanol–water partition coefficient (Wildman–Crippen LogP) is 0.740. The Morgan fingerprint density at radius 2 is 1.95 bits per heavy atom. The molecule has 2 unspecified atom stereocenters. The number of aromatic nitrogens is 6. The summed E-state index contributed by atoms with van der Waals surface area (Å²) in [5, 5.41) is 10.9. The molecule has 2 aliphatic heterocycles. The minimum atomic E-state index is -2.76. The van der Waals surface area contributed by atoms with Gasteiger partial charge in [0.15, 0.2) is 23.5 Å². The summed E-state index contributed by atoms with van der Waals surface area (Å²) >= 11 is 0. The van der Waals surface area contributed by atoms with Gasteiger partial charge in [-0.05, 0) is 6.42 Å². The van der Waals surface area contributed by atoms with Crippen LogP contribution in [0, 0.1) is 5.92 Å². The number of fused-ring (bicyclic) bond motifs is 4. The molecule has 39 heavy (non-hydrogen) atoms. The number of aliphatic hydroxyl groups is 1. The molecule has 5 heterocycles. The van der Waals surface area contributed by atoms with E-state index in [-0.39, 0.29) is 42.3 Å². The third kappa shape index (κ3) is 5.40. The Morgan fingerprint density at radius 1 is 1.13 bits per heavy atom. The van der Waals surface area contributed by atoms with Crippen LogP contribution in [0.15, 0.2) is 29.7 Å². The number of ether oxygens (including phenoxy) is 2. The van der Waals surface area contributed by atoms with Crippen molar-refractivity contribution in [2.45, 2.75) is 49.6 Å². The highest BCUT2D eigenvalue weighted by Gasteiger charge is 2.53. The number of rotatable bonds is 3. The van der Waals surface area contributed by atoms with E-state index in [4.69, 9.17) is 33.3 Å². The number of aromatic amines is 1. The van der Waals surface area contributed by atoms with E-state index in [0.29, 0.717) is 18.7 Å². The maximum atomic E-state index is 12.9. The summed E-state index contributed by atoms with van der Waals surface area (Å²) in [4.78, 5) is 30.6. The first-order chi connectivity index (χ1) is 18.9. The number of nitrogens with two attached hydrogens (primary N) is 1. The summed E-state index contributed by atoms with van der Waals surface area (Å²) in [5.74, 6) is -0.143. The lowest BCUT2D eigenvalue weighted by Gasteiger charge is -2.17. The van der Waals surface area contributed by atoms with E-state index in [2.05, 4.69) is 24.9 Å². The molecule has 2 bridgehead atoms. The van der Waals surface area contributed by atoms with E-state index in [1.807, 2.05) is 0 Å². The topological polar surface area (TPSA) is 225 Å². The van der Waals surface area contributed by atoms with Crippen LogP contribution in [0.2, 0.25) is 0 Å².